The Morgan fingerprint density at radius 1 is 1.10 bits per heavy atom. The van der Waals surface area contributed by atoms with Crippen LogP contribution in [0.3, 0.4) is 0 Å². The standard InChI is InChI=1S/C18H27NO/c1-13-7-9-14(10-8-13)18(19-2)16-11-15-5-3-4-6-17(15)20-12-16/h3-6,13-14,16,18-19H,7-12H2,1-2H3. The molecule has 1 saturated carbocycles. The van der Waals surface area contributed by atoms with Gasteiger partial charge in [0.2, 0.25) is 0 Å². The summed E-state index contributed by atoms with van der Waals surface area (Å²) in [5, 5.41) is 3.61. The Kier molecular flexibility index (Phi) is 4.30. The Morgan fingerprint density at radius 2 is 1.85 bits per heavy atom. The highest BCUT2D eigenvalue weighted by Gasteiger charge is 2.33. The van der Waals surface area contributed by atoms with Crippen LogP contribution in [-0.2, 0) is 6.42 Å². The maximum absolute atomic E-state index is 5.99. The van der Waals surface area contributed by atoms with Gasteiger partial charge in [-0.25, -0.2) is 0 Å². The van der Waals surface area contributed by atoms with E-state index in [1.54, 1.807) is 0 Å². The predicted molar refractivity (Wildman–Crippen MR) is 83.1 cm³/mol. The third-order valence-electron chi connectivity index (χ3n) is 5.32. The van der Waals surface area contributed by atoms with Gasteiger partial charge in [-0.05, 0) is 49.8 Å². The van der Waals surface area contributed by atoms with Crippen molar-refractivity contribution in [2.45, 2.75) is 45.1 Å². The average molecular weight is 273 g/mol. The molecule has 2 aliphatic rings. The second kappa shape index (κ2) is 6.17. The van der Waals surface area contributed by atoms with Crippen molar-refractivity contribution in [2.75, 3.05) is 13.7 Å². The van der Waals surface area contributed by atoms with Crippen LogP contribution in [0.1, 0.15) is 38.2 Å². The lowest BCUT2D eigenvalue weighted by molar-refractivity contribution is 0.130. The van der Waals surface area contributed by atoms with Crippen molar-refractivity contribution in [1.29, 1.82) is 0 Å². The third kappa shape index (κ3) is 2.85. The monoisotopic (exact) mass is 273 g/mol. The van der Waals surface area contributed by atoms with Crippen molar-refractivity contribution in [1.82, 2.24) is 5.32 Å². The van der Waals surface area contributed by atoms with Crippen LogP contribution in [0, 0.1) is 17.8 Å². The molecule has 0 amide bonds. The molecule has 0 radical (unpaired) electrons. The molecule has 2 nitrogen and oxygen atoms in total. The molecule has 1 N–H and O–H groups in total. The summed E-state index contributed by atoms with van der Waals surface area (Å²) in [6.07, 6.45) is 6.71. The fraction of sp³-hybridized carbons (Fsp3) is 0.667. The van der Waals surface area contributed by atoms with E-state index >= 15 is 0 Å². The molecule has 1 aromatic rings. The first-order valence-electron chi connectivity index (χ1n) is 8.16. The Balaban J connectivity index is 1.68. The highest BCUT2D eigenvalue weighted by molar-refractivity contribution is 5.35. The van der Waals surface area contributed by atoms with Gasteiger partial charge in [-0.3, -0.25) is 0 Å². The molecular weight excluding hydrogens is 246 g/mol. The summed E-state index contributed by atoms with van der Waals surface area (Å²) in [6, 6.07) is 9.12. The molecule has 0 spiro atoms. The minimum atomic E-state index is 0.607. The first-order valence-corrected chi connectivity index (χ1v) is 8.16. The van der Waals surface area contributed by atoms with Crippen molar-refractivity contribution in [2.24, 2.45) is 17.8 Å². The molecule has 1 aliphatic carbocycles. The van der Waals surface area contributed by atoms with Crippen LogP contribution in [-0.4, -0.2) is 19.7 Å². The second-order valence-electron chi connectivity index (χ2n) is 6.72. The third-order valence-corrected chi connectivity index (χ3v) is 5.32. The van der Waals surface area contributed by atoms with Gasteiger partial charge < -0.3 is 10.1 Å². The summed E-state index contributed by atoms with van der Waals surface area (Å²) >= 11 is 0. The zero-order valence-electron chi connectivity index (χ0n) is 12.8. The molecule has 1 heterocycles. The van der Waals surface area contributed by atoms with Gasteiger partial charge in [0, 0.05) is 12.0 Å². The van der Waals surface area contributed by atoms with E-state index in [1.165, 1.54) is 31.2 Å². The lowest BCUT2D eigenvalue weighted by Crippen LogP contribution is -2.46. The summed E-state index contributed by atoms with van der Waals surface area (Å²) in [7, 11) is 2.13. The molecule has 0 saturated heterocycles. The van der Waals surface area contributed by atoms with Crippen molar-refractivity contribution < 1.29 is 4.74 Å². The molecular formula is C18H27NO. The lowest BCUT2D eigenvalue weighted by atomic mass is 9.74. The largest absolute Gasteiger partial charge is 0.493 e. The zero-order valence-corrected chi connectivity index (χ0v) is 12.8. The number of hydrogen-bond donors (Lipinski definition) is 1. The number of fused-ring (bicyclic) bond motifs is 1. The van der Waals surface area contributed by atoms with E-state index in [0.29, 0.717) is 12.0 Å². The van der Waals surface area contributed by atoms with Gasteiger partial charge in [-0.2, -0.15) is 0 Å². The number of benzene rings is 1. The molecule has 1 aliphatic heterocycles. The summed E-state index contributed by atoms with van der Waals surface area (Å²) in [5.41, 5.74) is 1.38. The van der Waals surface area contributed by atoms with Gasteiger partial charge in [-0.15, -0.1) is 0 Å². The van der Waals surface area contributed by atoms with Gasteiger partial charge in [0.1, 0.15) is 5.75 Å². The average Bonchev–Trinajstić information content (AvgIpc) is 2.50. The number of rotatable bonds is 3. The zero-order chi connectivity index (χ0) is 13.9. The highest BCUT2D eigenvalue weighted by Crippen LogP contribution is 2.36. The van der Waals surface area contributed by atoms with Crippen LogP contribution in [0.15, 0.2) is 24.3 Å². The smallest absolute Gasteiger partial charge is 0.122 e. The van der Waals surface area contributed by atoms with Gasteiger partial charge in [0.05, 0.1) is 6.61 Å². The Labute approximate surface area is 122 Å². The quantitative estimate of drug-likeness (QED) is 0.907. The number of hydrogen-bond acceptors (Lipinski definition) is 2. The normalized spacial score (nSPS) is 31.2. The molecule has 2 unspecified atom stereocenters. The fourth-order valence-electron chi connectivity index (χ4n) is 4.08. The molecule has 2 atom stereocenters. The number of ether oxygens (including phenoxy) is 1. The first kappa shape index (κ1) is 13.9. The van der Waals surface area contributed by atoms with Gasteiger partial charge in [0.15, 0.2) is 0 Å². The van der Waals surface area contributed by atoms with Crippen LogP contribution in [0.4, 0.5) is 0 Å². The molecule has 0 aromatic heterocycles. The Morgan fingerprint density at radius 3 is 2.60 bits per heavy atom. The van der Waals surface area contributed by atoms with E-state index in [2.05, 4.69) is 43.6 Å². The Hall–Kier alpha value is -1.02. The van der Waals surface area contributed by atoms with E-state index < -0.39 is 0 Å². The first-order chi connectivity index (χ1) is 9.78. The summed E-state index contributed by atoms with van der Waals surface area (Å²) in [6.45, 7) is 3.26. The van der Waals surface area contributed by atoms with Crippen LogP contribution in [0.2, 0.25) is 0 Å². The molecule has 1 fully saturated rings. The van der Waals surface area contributed by atoms with Gasteiger partial charge in [0.25, 0.3) is 0 Å². The summed E-state index contributed by atoms with van der Waals surface area (Å²) in [5.74, 6) is 3.46. The molecule has 0 bridgehead atoms. The number of para-hydroxylation sites is 1. The summed E-state index contributed by atoms with van der Waals surface area (Å²) in [4.78, 5) is 0. The van der Waals surface area contributed by atoms with E-state index in [0.717, 1.165) is 30.6 Å². The van der Waals surface area contributed by atoms with Crippen molar-refractivity contribution >= 4 is 0 Å². The van der Waals surface area contributed by atoms with E-state index in [-0.39, 0.29) is 0 Å². The molecule has 2 heteroatoms. The second-order valence-corrected chi connectivity index (χ2v) is 6.72. The maximum Gasteiger partial charge on any atom is 0.122 e. The minimum Gasteiger partial charge on any atom is -0.493 e. The number of nitrogens with one attached hydrogen (secondary N) is 1. The van der Waals surface area contributed by atoms with Crippen LogP contribution < -0.4 is 10.1 Å². The van der Waals surface area contributed by atoms with Crippen molar-refractivity contribution in [3.63, 3.8) is 0 Å². The molecule has 110 valence electrons. The highest BCUT2D eigenvalue weighted by atomic mass is 16.5. The van der Waals surface area contributed by atoms with Crippen molar-refractivity contribution in [3.05, 3.63) is 29.8 Å². The molecule has 1 aromatic carbocycles. The fourth-order valence-corrected chi connectivity index (χ4v) is 4.08. The Bertz CT molecular complexity index is 437. The van der Waals surface area contributed by atoms with E-state index in [9.17, 15) is 0 Å². The topological polar surface area (TPSA) is 21.3 Å². The molecule has 3 rings (SSSR count). The van der Waals surface area contributed by atoms with Crippen molar-refractivity contribution in [3.8, 4) is 5.75 Å². The van der Waals surface area contributed by atoms with Crippen LogP contribution in [0.25, 0.3) is 0 Å². The van der Waals surface area contributed by atoms with E-state index in [1.807, 2.05) is 0 Å². The maximum atomic E-state index is 5.99. The van der Waals surface area contributed by atoms with Gasteiger partial charge in [-0.1, -0.05) is 38.0 Å². The lowest BCUT2D eigenvalue weighted by Gasteiger charge is -2.39. The van der Waals surface area contributed by atoms with Crippen LogP contribution >= 0.6 is 0 Å². The van der Waals surface area contributed by atoms with Gasteiger partial charge >= 0.3 is 0 Å². The van der Waals surface area contributed by atoms with E-state index in [4.69, 9.17) is 4.74 Å². The summed E-state index contributed by atoms with van der Waals surface area (Å²) < 4.78 is 5.99. The van der Waals surface area contributed by atoms with Crippen LogP contribution in [0.5, 0.6) is 5.75 Å². The SMILES string of the molecule is CNC(C1CCC(C)CC1)C1COc2ccccc2C1. The molecule has 20 heavy (non-hydrogen) atoms. The minimum absolute atomic E-state index is 0.607. The predicted octanol–water partition coefficient (Wildman–Crippen LogP) is 3.65.